The van der Waals surface area contributed by atoms with Crippen molar-refractivity contribution >= 4 is 23.0 Å². The molecule has 0 atom stereocenters. The molecule has 1 aromatic heterocycles. The fraction of sp³-hybridized carbons (Fsp3) is 0.583. The minimum atomic E-state index is -0.194. The zero-order valence-corrected chi connectivity index (χ0v) is 10.7. The first-order chi connectivity index (χ1) is 8.27. The standard InChI is InChI=1S/C12H16N2O2S/c1-9(11-13-7-8-17-11)14-16-12(15)10-5-3-2-4-6-10/h7-8,10H,2-6H2,1H3/b14-9-. The van der Waals surface area contributed by atoms with Gasteiger partial charge in [-0.2, -0.15) is 0 Å². The molecule has 0 bridgehead atoms. The molecular formula is C12H16N2O2S. The highest BCUT2D eigenvalue weighted by molar-refractivity contribution is 7.11. The van der Waals surface area contributed by atoms with E-state index in [0.29, 0.717) is 5.71 Å². The minimum absolute atomic E-state index is 0.0385. The second kappa shape index (κ2) is 5.91. The summed E-state index contributed by atoms with van der Waals surface area (Å²) >= 11 is 1.49. The quantitative estimate of drug-likeness (QED) is 0.472. The summed E-state index contributed by atoms with van der Waals surface area (Å²) in [7, 11) is 0. The first kappa shape index (κ1) is 12.2. The molecule has 0 unspecified atom stereocenters. The Morgan fingerprint density at radius 1 is 1.47 bits per heavy atom. The van der Waals surface area contributed by atoms with Crippen LogP contribution in [0.15, 0.2) is 16.7 Å². The molecule has 1 fully saturated rings. The monoisotopic (exact) mass is 252 g/mol. The third-order valence-electron chi connectivity index (χ3n) is 2.95. The summed E-state index contributed by atoms with van der Waals surface area (Å²) in [6, 6.07) is 0. The Morgan fingerprint density at radius 3 is 2.88 bits per heavy atom. The lowest BCUT2D eigenvalue weighted by molar-refractivity contribution is -0.149. The van der Waals surface area contributed by atoms with Crippen LogP contribution in [0.4, 0.5) is 0 Å². The van der Waals surface area contributed by atoms with Crippen molar-refractivity contribution in [3.8, 4) is 0 Å². The number of hydrogen-bond donors (Lipinski definition) is 0. The summed E-state index contributed by atoms with van der Waals surface area (Å²) in [5, 5.41) is 6.52. The maximum absolute atomic E-state index is 11.7. The molecule has 0 N–H and O–H groups in total. The molecule has 1 aromatic rings. The van der Waals surface area contributed by atoms with Crippen molar-refractivity contribution < 1.29 is 9.63 Å². The number of carbonyl (C=O) groups excluding carboxylic acids is 1. The average molecular weight is 252 g/mol. The second-order valence-electron chi connectivity index (χ2n) is 4.26. The van der Waals surface area contributed by atoms with E-state index < -0.39 is 0 Å². The highest BCUT2D eigenvalue weighted by atomic mass is 32.1. The van der Waals surface area contributed by atoms with Crippen LogP contribution in [-0.4, -0.2) is 16.7 Å². The van der Waals surface area contributed by atoms with E-state index in [2.05, 4.69) is 10.1 Å². The number of nitrogens with zero attached hydrogens (tertiary/aromatic N) is 2. The van der Waals surface area contributed by atoms with Gasteiger partial charge in [-0.1, -0.05) is 24.4 Å². The predicted molar refractivity (Wildman–Crippen MR) is 67.0 cm³/mol. The number of rotatable bonds is 3. The van der Waals surface area contributed by atoms with E-state index >= 15 is 0 Å². The van der Waals surface area contributed by atoms with Gasteiger partial charge in [-0.15, -0.1) is 11.3 Å². The number of thiazole rings is 1. The Hall–Kier alpha value is -1.23. The molecule has 0 spiro atoms. The number of aromatic nitrogens is 1. The predicted octanol–water partition coefficient (Wildman–Crippen LogP) is 2.99. The number of carbonyl (C=O) groups is 1. The molecule has 92 valence electrons. The van der Waals surface area contributed by atoms with Crippen LogP contribution in [0.1, 0.15) is 44.0 Å². The van der Waals surface area contributed by atoms with Gasteiger partial charge in [0.2, 0.25) is 0 Å². The first-order valence-electron chi connectivity index (χ1n) is 5.92. The van der Waals surface area contributed by atoms with E-state index in [-0.39, 0.29) is 11.9 Å². The van der Waals surface area contributed by atoms with Gasteiger partial charge >= 0.3 is 5.97 Å². The van der Waals surface area contributed by atoms with Crippen LogP contribution < -0.4 is 0 Å². The summed E-state index contributed by atoms with van der Waals surface area (Å²) in [6.07, 6.45) is 7.05. The molecule has 4 nitrogen and oxygen atoms in total. The molecule has 5 heteroatoms. The van der Waals surface area contributed by atoms with Crippen LogP contribution in [0.5, 0.6) is 0 Å². The van der Waals surface area contributed by atoms with Gasteiger partial charge in [0.05, 0.1) is 5.92 Å². The van der Waals surface area contributed by atoms with Crippen LogP contribution in [0.25, 0.3) is 0 Å². The van der Waals surface area contributed by atoms with Gasteiger partial charge in [0.25, 0.3) is 0 Å². The molecule has 17 heavy (non-hydrogen) atoms. The van der Waals surface area contributed by atoms with E-state index in [1.807, 2.05) is 5.38 Å². The lowest BCUT2D eigenvalue weighted by atomic mass is 9.89. The van der Waals surface area contributed by atoms with Crippen molar-refractivity contribution in [3.05, 3.63) is 16.6 Å². The summed E-state index contributed by atoms with van der Waals surface area (Å²) in [6.45, 7) is 1.80. The van der Waals surface area contributed by atoms with Gasteiger partial charge in [0.15, 0.2) is 0 Å². The Labute approximate surface area is 105 Å². The summed E-state index contributed by atoms with van der Waals surface area (Å²) in [5.41, 5.74) is 0.657. The molecule has 1 saturated carbocycles. The molecule has 1 aliphatic carbocycles. The molecule has 0 aliphatic heterocycles. The molecule has 0 amide bonds. The van der Waals surface area contributed by atoms with Crippen molar-refractivity contribution in [3.63, 3.8) is 0 Å². The van der Waals surface area contributed by atoms with E-state index in [4.69, 9.17) is 4.84 Å². The molecule has 0 saturated heterocycles. The van der Waals surface area contributed by atoms with Gasteiger partial charge in [-0.3, -0.25) is 0 Å². The van der Waals surface area contributed by atoms with Gasteiger partial charge in [0.1, 0.15) is 10.7 Å². The van der Waals surface area contributed by atoms with E-state index in [9.17, 15) is 4.79 Å². The molecule has 0 aromatic carbocycles. The summed E-state index contributed by atoms with van der Waals surface area (Å²) in [5.74, 6) is -0.155. The van der Waals surface area contributed by atoms with Gasteiger partial charge in [0, 0.05) is 11.6 Å². The van der Waals surface area contributed by atoms with Crippen LogP contribution >= 0.6 is 11.3 Å². The van der Waals surface area contributed by atoms with Gasteiger partial charge in [-0.25, -0.2) is 9.78 Å². The van der Waals surface area contributed by atoms with Crippen molar-refractivity contribution in [1.82, 2.24) is 4.98 Å². The number of oxime groups is 1. The summed E-state index contributed by atoms with van der Waals surface area (Å²) < 4.78 is 0. The molecule has 2 rings (SSSR count). The normalized spacial score (nSPS) is 18.1. The highest BCUT2D eigenvalue weighted by Crippen LogP contribution is 2.24. The maximum atomic E-state index is 11.7. The van der Waals surface area contributed by atoms with Crippen molar-refractivity contribution in [2.24, 2.45) is 11.1 Å². The second-order valence-corrected chi connectivity index (χ2v) is 5.15. The molecule has 1 aliphatic rings. The lowest BCUT2D eigenvalue weighted by Crippen LogP contribution is -2.19. The molecule has 1 heterocycles. The largest absolute Gasteiger partial charge is 0.338 e. The SMILES string of the molecule is C/C(=N/OC(=O)C1CCCCC1)c1nccs1. The maximum Gasteiger partial charge on any atom is 0.338 e. The fourth-order valence-corrected chi connectivity index (χ4v) is 2.55. The highest BCUT2D eigenvalue weighted by Gasteiger charge is 2.22. The van der Waals surface area contributed by atoms with Crippen molar-refractivity contribution in [2.75, 3.05) is 0 Å². The molecule has 0 radical (unpaired) electrons. The van der Waals surface area contributed by atoms with Crippen LogP contribution in [0.2, 0.25) is 0 Å². The van der Waals surface area contributed by atoms with Crippen LogP contribution in [0.3, 0.4) is 0 Å². The Bertz CT molecular complexity index is 395. The van der Waals surface area contributed by atoms with E-state index in [0.717, 1.165) is 30.7 Å². The van der Waals surface area contributed by atoms with Gasteiger partial charge in [-0.05, 0) is 19.8 Å². The fourth-order valence-electron chi connectivity index (χ4n) is 1.97. The third-order valence-corrected chi connectivity index (χ3v) is 3.83. The topological polar surface area (TPSA) is 51.5 Å². The number of hydrogen-bond acceptors (Lipinski definition) is 5. The third kappa shape index (κ3) is 3.36. The van der Waals surface area contributed by atoms with E-state index in [1.165, 1.54) is 17.8 Å². The van der Waals surface area contributed by atoms with Crippen molar-refractivity contribution in [1.29, 1.82) is 0 Å². The average Bonchev–Trinajstić information content (AvgIpc) is 2.90. The Morgan fingerprint density at radius 2 is 2.24 bits per heavy atom. The Kier molecular flexibility index (Phi) is 4.25. The van der Waals surface area contributed by atoms with Gasteiger partial charge < -0.3 is 4.84 Å². The zero-order valence-electron chi connectivity index (χ0n) is 9.89. The summed E-state index contributed by atoms with van der Waals surface area (Å²) in [4.78, 5) is 20.8. The van der Waals surface area contributed by atoms with Crippen LogP contribution in [-0.2, 0) is 9.63 Å². The lowest BCUT2D eigenvalue weighted by Gasteiger charge is -2.17. The van der Waals surface area contributed by atoms with Crippen molar-refractivity contribution in [2.45, 2.75) is 39.0 Å². The smallest absolute Gasteiger partial charge is 0.318 e. The first-order valence-corrected chi connectivity index (χ1v) is 6.80. The molecular weight excluding hydrogens is 236 g/mol. The van der Waals surface area contributed by atoms with Crippen LogP contribution in [0, 0.1) is 5.92 Å². The Balaban J connectivity index is 1.88. The minimum Gasteiger partial charge on any atom is -0.318 e. The van der Waals surface area contributed by atoms with E-state index in [1.54, 1.807) is 13.1 Å². The zero-order chi connectivity index (χ0) is 12.1.